The average Bonchev–Trinajstić information content (AvgIpc) is 3.48. The highest BCUT2D eigenvalue weighted by Gasteiger charge is 2.28. The number of aromatic nitrogens is 3. The van der Waals surface area contributed by atoms with E-state index in [1.165, 1.54) is 17.4 Å². The number of sulfone groups is 1. The predicted octanol–water partition coefficient (Wildman–Crippen LogP) is 6.98. The van der Waals surface area contributed by atoms with Gasteiger partial charge in [-0.2, -0.15) is 0 Å². The fourth-order valence-corrected chi connectivity index (χ4v) is 7.96. The van der Waals surface area contributed by atoms with Crippen LogP contribution in [0.5, 0.6) is 0 Å². The van der Waals surface area contributed by atoms with Gasteiger partial charge in [0.15, 0.2) is 9.84 Å². The third kappa shape index (κ3) is 7.73. The Balaban J connectivity index is 1.39. The molecule has 5 rings (SSSR count). The first-order valence-corrected chi connectivity index (χ1v) is 17.7. The Labute approximate surface area is 276 Å². The lowest BCUT2D eigenvalue weighted by Gasteiger charge is -2.31. The molecule has 0 aliphatic carbocycles. The molecule has 2 aromatic carbocycles. The van der Waals surface area contributed by atoms with E-state index < -0.39 is 37.9 Å². The summed E-state index contributed by atoms with van der Waals surface area (Å²) >= 11 is 1.41. The van der Waals surface area contributed by atoms with Crippen LogP contribution in [0.25, 0.3) is 21.8 Å². The molecule has 0 radical (unpaired) electrons. The number of rotatable bonds is 10. The molecule has 0 atom stereocenters. The molecule has 1 aliphatic rings. The van der Waals surface area contributed by atoms with E-state index in [1.807, 2.05) is 20.8 Å². The first-order chi connectivity index (χ1) is 22.3. The number of hydrogen-bond donors (Lipinski definition) is 1. The zero-order valence-electron chi connectivity index (χ0n) is 26.4. The van der Waals surface area contributed by atoms with E-state index in [1.54, 1.807) is 35.4 Å². The summed E-state index contributed by atoms with van der Waals surface area (Å²) in [5, 5.41) is 4.14. The van der Waals surface area contributed by atoms with Gasteiger partial charge >= 0.3 is 0 Å². The van der Waals surface area contributed by atoms with Crippen molar-refractivity contribution in [3.8, 4) is 21.8 Å². The number of likely N-dealkylation sites (tertiary alicyclic amines) is 1. The van der Waals surface area contributed by atoms with Crippen molar-refractivity contribution in [2.75, 3.05) is 24.2 Å². The van der Waals surface area contributed by atoms with Crippen LogP contribution in [0.4, 0.5) is 19.1 Å². The van der Waals surface area contributed by atoms with Crippen molar-refractivity contribution in [1.82, 2.24) is 19.9 Å². The van der Waals surface area contributed by atoms with Crippen LogP contribution in [0.3, 0.4) is 0 Å². The molecule has 2 aromatic heterocycles. The number of carbonyl (C=O) groups excluding carboxylic acids is 1. The van der Waals surface area contributed by atoms with Crippen LogP contribution < -0.4 is 5.32 Å². The highest BCUT2D eigenvalue weighted by molar-refractivity contribution is 7.91. The van der Waals surface area contributed by atoms with Gasteiger partial charge in [0, 0.05) is 36.3 Å². The van der Waals surface area contributed by atoms with Gasteiger partial charge in [-0.15, -0.1) is 11.3 Å². The molecule has 0 unspecified atom stereocenters. The van der Waals surface area contributed by atoms with Crippen molar-refractivity contribution < 1.29 is 26.4 Å². The third-order valence-electron chi connectivity index (χ3n) is 7.89. The van der Waals surface area contributed by atoms with Crippen LogP contribution in [0.15, 0.2) is 66.2 Å². The number of nitrogens with zero attached hydrogens (tertiary/aromatic N) is 4. The number of piperidine rings is 1. The highest BCUT2D eigenvalue weighted by Crippen LogP contribution is 2.41. The average molecular weight is 684 g/mol. The van der Waals surface area contributed by atoms with Crippen LogP contribution in [0.1, 0.15) is 50.6 Å². The maximum Gasteiger partial charge on any atom is 0.245 e. The van der Waals surface area contributed by atoms with Crippen molar-refractivity contribution in [2.24, 2.45) is 0 Å². The number of carbonyl (C=O) groups is 1. The number of aryl methyl sites for hydroxylation is 1. The number of halogens is 3. The van der Waals surface area contributed by atoms with Crippen molar-refractivity contribution in [3.05, 3.63) is 89.3 Å². The van der Waals surface area contributed by atoms with Crippen molar-refractivity contribution in [2.45, 2.75) is 62.8 Å². The summed E-state index contributed by atoms with van der Waals surface area (Å²) in [5.74, 6) is -3.09. The number of thiazole rings is 1. The quantitative estimate of drug-likeness (QED) is 0.180. The Morgan fingerprint density at radius 2 is 1.74 bits per heavy atom. The van der Waals surface area contributed by atoms with E-state index in [0.717, 1.165) is 36.0 Å². The molecule has 248 valence electrons. The summed E-state index contributed by atoms with van der Waals surface area (Å²) < 4.78 is 69.9. The lowest BCUT2D eigenvalue weighted by molar-refractivity contribution is -0.126. The largest absolute Gasteiger partial charge is 0.351 e. The normalized spacial score (nSPS) is 14.3. The molecule has 0 saturated carbocycles. The van der Waals surface area contributed by atoms with Gasteiger partial charge in [0.2, 0.25) is 11.9 Å². The van der Waals surface area contributed by atoms with Crippen molar-refractivity contribution in [1.29, 1.82) is 0 Å². The summed E-state index contributed by atoms with van der Waals surface area (Å²) in [6.07, 6.45) is 4.38. The second-order valence-corrected chi connectivity index (χ2v) is 15.5. The van der Waals surface area contributed by atoms with Gasteiger partial charge in [-0.25, -0.2) is 36.5 Å². The molecule has 1 N–H and O–H groups in total. The van der Waals surface area contributed by atoms with Crippen LogP contribution in [-0.4, -0.2) is 59.1 Å². The summed E-state index contributed by atoms with van der Waals surface area (Å²) in [6.45, 7) is 10.8. The zero-order valence-corrected chi connectivity index (χ0v) is 28.0. The summed E-state index contributed by atoms with van der Waals surface area (Å²) in [6, 6.07) is 9.55. The molecular formula is C34H36F3N5O3S2. The fraction of sp³-hybridized carbons (Fsp3) is 0.353. The van der Waals surface area contributed by atoms with Gasteiger partial charge in [-0.3, -0.25) is 4.79 Å². The van der Waals surface area contributed by atoms with Crippen LogP contribution >= 0.6 is 11.3 Å². The van der Waals surface area contributed by atoms with Gasteiger partial charge in [0.05, 0.1) is 27.0 Å². The van der Waals surface area contributed by atoms with Gasteiger partial charge in [0.25, 0.3) is 0 Å². The van der Waals surface area contributed by atoms with Gasteiger partial charge < -0.3 is 10.2 Å². The van der Waals surface area contributed by atoms with E-state index >= 15 is 4.39 Å². The molecule has 8 nitrogen and oxygen atoms in total. The maximum absolute atomic E-state index is 16.1. The molecular weight excluding hydrogens is 648 g/mol. The molecule has 1 fully saturated rings. The minimum Gasteiger partial charge on any atom is -0.351 e. The Kier molecular flexibility index (Phi) is 10.2. The molecule has 3 heterocycles. The first kappa shape index (κ1) is 34.2. The second kappa shape index (κ2) is 13.9. The van der Waals surface area contributed by atoms with Crippen molar-refractivity contribution in [3.63, 3.8) is 0 Å². The third-order valence-corrected chi connectivity index (χ3v) is 11.2. The van der Waals surface area contributed by atoms with Crippen LogP contribution in [0, 0.1) is 17.5 Å². The van der Waals surface area contributed by atoms with E-state index in [9.17, 15) is 22.0 Å². The van der Waals surface area contributed by atoms with E-state index in [4.69, 9.17) is 9.97 Å². The van der Waals surface area contributed by atoms with Crippen LogP contribution in [0.2, 0.25) is 0 Å². The lowest BCUT2D eigenvalue weighted by Crippen LogP contribution is -2.41. The molecule has 0 bridgehead atoms. The molecule has 1 aliphatic heterocycles. The van der Waals surface area contributed by atoms with E-state index in [2.05, 4.69) is 16.9 Å². The highest BCUT2D eigenvalue weighted by atomic mass is 32.2. The standard InChI is InChI=1S/C34H36F3N5O3S2/c1-5-27(43)42-18-15-22(16-19-42)39-33-38-17-14-26(40-33)30-29(41-32(46-30)34(2,3)4)23-11-6-9-21(28(23)37)10-8-20-47(44,45)31-24(35)12-7-13-25(31)36/h5-7,9,11-14,17,22H,1,8,10,15-16,18-20H2,2-4H3,(H,38,39,40). The Bertz CT molecular complexity index is 1880. The molecule has 1 amide bonds. The Hall–Kier alpha value is -4.10. The van der Waals surface area contributed by atoms with Crippen LogP contribution in [-0.2, 0) is 26.5 Å². The van der Waals surface area contributed by atoms with Gasteiger partial charge in [0.1, 0.15) is 22.3 Å². The molecule has 1 saturated heterocycles. The molecule has 0 spiro atoms. The van der Waals surface area contributed by atoms with E-state index in [-0.39, 0.29) is 41.3 Å². The molecule has 13 heteroatoms. The second-order valence-electron chi connectivity index (χ2n) is 12.4. The number of nitrogens with one attached hydrogen (secondary N) is 1. The maximum atomic E-state index is 16.1. The van der Waals surface area contributed by atoms with Gasteiger partial charge in [-0.05, 0) is 61.6 Å². The molecule has 4 aromatic rings. The summed E-state index contributed by atoms with van der Waals surface area (Å²) in [4.78, 5) is 27.4. The molecule has 47 heavy (non-hydrogen) atoms. The smallest absolute Gasteiger partial charge is 0.245 e. The number of anilines is 1. The zero-order chi connectivity index (χ0) is 33.9. The topological polar surface area (TPSA) is 105 Å². The SMILES string of the molecule is C=CC(=O)N1CCC(Nc2nccc(-c3sc(C(C)(C)C)nc3-c3cccc(CCCS(=O)(=O)c4c(F)cccc4F)c3F)n2)CC1. The Morgan fingerprint density at radius 3 is 2.40 bits per heavy atom. The van der Waals surface area contributed by atoms with Crippen molar-refractivity contribution >= 4 is 33.0 Å². The predicted molar refractivity (Wildman–Crippen MR) is 177 cm³/mol. The fourth-order valence-electron chi connectivity index (χ4n) is 5.40. The lowest BCUT2D eigenvalue weighted by atomic mass is 9.98. The summed E-state index contributed by atoms with van der Waals surface area (Å²) in [7, 11) is -4.27. The first-order valence-electron chi connectivity index (χ1n) is 15.3. The number of hydrogen-bond acceptors (Lipinski definition) is 8. The monoisotopic (exact) mass is 683 g/mol. The Morgan fingerprint density at radius 1 is 1.06 bits per heavy atom. The minimum atomic E-state index is -4.27. The summed E-state index contributed by atoms with van der Waals surface area (Å²) in [5.41, 5.74) is 1.12. The van der Waals surface area contributed by atoms with Gasteiger partial charge in [-0.1, -0.05) is 45.5 Å². The number of benzene rings is 2. The van der Waals surface area contributed by atoms with E-state index in [0.29, 0.717) is 35.3 Å². The number of amides is 1. The minimum absolute atomic E-state index is 0.0271.